The summed E-state index contributed by atoms with van der Waals surface area (Å²) in [5.41, 5.74) is 0.668. The van der Waals surface area contributed by atoms with E-state index in [-0.39, 0.29) is 12.0 Å². The number of hydrogen-bond donors (Lipinski definition) is 1. The first-order valence-electron chi connectivity index (χ1n) is 7.24. The van der Waals surface area contributed by atoms with Crippen LogP contribution >= 0.6 is 11.6 Å². The summed E-state index contributed by atoms with van der Waals surface area (Å²) in [5.74, 6) is 1.48. The standard InChI is InChI=1S/C16H24ClNO2/c1-13(2)20-15-9-7-14(8-10-15)16(19)18-12-6-4-3-5-11-17/h7-10,13H,3-6,11-12H2,1-2H3,(H,18,19). The molecule has 0 spiro atoms. The fourth-order valence-electron chi connectivity index (χ4n) is 1.83. The molecule has 112 valence electrons. The molecule has 0 radical (unpaired) electrons. The van der Waals surface area contributed by atoms with Gasteiger partial charge in [-0.1, -0.05) is 12.8 Å². The van der Waals surface area contributed by atoms with Gasteiger partial charge in [-0.2, -0.15) is 0 Å². The van der Waals surface area contributed by atoms with E-state index in [0.717, 1.165) is 37.3 Å². The summed E-state index contributed by atoms with van der Waals surface area (Å²) in [6.07, 6.45) is 4.42. The Kier molecular flexibility index (Phi) is 8.12. The minimum atomic E-state index is -0.0292. The predicted octanol–water partition coefficient (Wildman–Crippen LogP) is 4.00. The van der Waals surface area contributed by atoms with E-state index in [9.17, 15) is 4.79 Å². The molecule has 0 aliphatic carbocycles. The highest BCUT2D eigenvalue weighted by atomic mass is 35.5. The van der Waals surface area contributed by atoms with Gasteiger partial charge in [0.2, 0.25) is 0 Å². The highest BCUT2D eigenvalue weighted by Crippen LogP contribution is 2.13. The second-order valence-corrected chi connectivity index (χ2v) is 5.43. The van der Waals surface area contributed by atoms with Crippen LogP contribution < -0.4 is 10.1 Å². The molecule has 0 saturated heterocycles. The molecule has 0 aliphatic heterocycles. The quantitative estimate of drug-likeness (QED) is 0.552. The molecule has 3 nitrogen and oxygen atoms in total. The molecule has 1 N–H and O–H groups in total. The zero-order chi connectivity index (χ0) is 14.8. The van der Waals surface area contributed by atoms with Crippen LogP contribution in [0.2, 0.25) is 0 Å². The Hall–Kier alpha value is -1.22. The van der Waals surface area contributed by atoms with Gasteiger partial charge in [0.05, 0.1) is 6.10 Å². The molecule has 1 rings (SSSR count). The van der Waals surface area contributed by atoms with Crippen LogP contribution in [0.3, 0.4) is 0 Å². The number of nitrogens with one attached hydrogen (secondary N) is 1. The average Bonchev–Trinajstić information content (AvgIpc) is 2.42. The van der Waals surface area contributed by atoms with Crippen LogP contribution in [0.5, 0.6) is 5.75 Å². The number of benzene rings is 1. The van der Waals surface area contributed by atoms with Crippen LogP contribution in [0.15, 0.2) is 24.3 Å². The molecule has 0 saturated carbocycles. The Morgan fingerprint density at radius 1 is 1.15 bits per heavy atom. The van der Waals surface area contributed by atoms with Gasteiger partial charge in [0.1, 0.15) is 5.75 Å². The van der Waals surface area contributed by atoms with Crippen LogP contribution in [-0.2, 0) is 0 Å². The number of amides is 1. The van der Waals surface area contributed by atoms with Crippen LogP contribution in [0.1, 0.15) is 49.9 Å². The summed E-state index contributed by atoms with van der Waals surface area (Å²) in [6.45, 7) is 4.67. The maximum absolute atomic E-state index is 11.9. The molecule has 0 bridgehead atoms. The lowest BCUT2D eigenvalue weighted by Crippen LogP contribution is -2.24. The number of ether oxygens (including phenoxy) is 1. The van der Waals surface area contributed by atoms with Crippen molar-refractivity contribution < 1.29 is 9.53 Å². The van der Waals surface area contributed by atoms with Crippen LogP contribution in [0.4, 0.5) is 0 Å². The predicted molar refractivity (Wildman–Crippen MR) is 83.7 cm³/mol. The number of hydrogen-bond acceptors (Lipinski definition) is 2. The van der Waals surface area contributed by atoms with Gasteiger partial charge in [-0.15, -0.1) is 11.6 Å². The van der Waals surface area contributed by atoms with Crippen molar-refractivity contribution in [3.8, 4) is 5.75 Å². The molecule has 0 fully saturated rings. The molecular weight excluding hydrogens is 274 g/mol. The van der Waals surface area contributed by atoms with Crippen molar-refractivity contribution in [3.05, 3.63) is 29.8 Å². The molecule has 1 aromatic carbocycles. The van der Waals surface area contributed by atoms with E-state index in [1.807, 2.05) is 26.0 Å². The molecule has 0 heterocycles. The highest BCUT2D eigenvalue weighted by Gasteiger charge is 2.05. The largest absolute Gasteiger partial charge is 0.491 e. The van der Waals surface area contributed by atoms with Gasteiger partial charge in [-0.25, -0.2) is 0 Å². The molecular formula is C16H24ClNO2. The lowest BCUT2D eigenvalue weighted by Gasteiger charge is -2.10. The third-order valence-corrected chi connectivity index (χ3v) is 3.10. The van der Waals surface area contributed by atoms with E-state index in [4.69, 9.17) is 16.3 Å². The fourth-order valence-corrected chi connectivity index (χ4v) is 2.02. The summed E-state index contributed by atoms with van der Waals surface area (Å²) in [7, 11) is 0. The van der Waals surface area contributed by atoms with Crippen molar-refractivity contribution in [1.82, 2.24) is 5.32 Å². The summed E-state index contributed by atoms with van der Waals surface area (Å²) >= 11 is 5.61. The number of carbonyl (C=O) groups is 1. The minimum absolute atomic E-state index is 0.0292. The third-order valence-electron chi connectivity index (χ3n) is 2.83. The molecule has 0 atom stereocenters. The number of alkyl halides is 1. The van der Waals surface area contributed by atoms with Crippen molar-refractivity contribution in [2.75, 3.05) is 12.4 Å². The van der Waals surface area contributed by atoms with Gasteiger partial charge in [-0.05, 0) is 51.0 Å². The SMILES string of the molecule is CC(C)Oc1ccc(C(=O)NCCCCCCCl)cc1. The Morgan fingerprint density at radius 2 is 1.80 bits per heavy atom. The van der Waals surface area contributed by atoms with Crippen LogP contribution in [0, 0.1) is 0 Å². The molecule has 20 heavy (non-hydrogen) atoms. The lowest BCUT2D eigenvalue weighted by atomic mass is 10.2. The third kappa shape index (κ3) is 6.80. The van der Waals surface area contributed by atoms with Crippen molar-refractivity contribution in [3.63, 3.8) is 0 Å². The Bertz CT molecular complexity index is 390. The summed E-state index contributed by atoms with van der Waals surface area (Å²) in [5, 5.41) is 2.92. The van der Waals surface area contributed by atoms with Crippen LogP contribution in [-0.4, -0.2) is 24.4 Å². The van der Waals surface area contributed by atoms with Gasteiger partial charge in [-0.3, -0.25) is 4.79 Å². The molecule has 0 aliphatic rings. The van der Waals surface area contributed by atoms with Crippen molar-refractivity contribution in [1.29, 1.82) is 0 Å². The first kappa shape index (κ1) is 16.8. The molecule has 1 aromatic rings. The van der Waals surface area contributed by atoms with E-state index in [0.29, 0.717) is 12.1 Å². The summed E-state index contributed by atoms with van der Waals surface area (Å²) in [6, 6.07) is 7.24. The summed E-state index contributed by atoms with van der Waals surface area (Å²) < 4.78 is 5.54. The van der Waals surface area contributed by atoms with Crippen molar-refractivity contribution in [2.24, 2.45) is 0 Å². The first-order valence-corrected chi connectivity index (χ1v) is 7.78. The van der Waals surface area contributed by atoms with Crippen molar-refractivity contribution >= 4 is 17.5 Å². The normalized spacial score (nSPS) is 10.6. The minimum Gasteiger partial charge on any atom is -0.491 e. The number of unbranched alkanes of at least 4 members (excludes halogenated alkanes) is 3. The zero-order valence-corrected chi connectivity index (χ0v) is 13.1. The topological polar surface area (TPSA) is 38.3 Å². The molecule has 4 heteroatoms. The molecule has 1 amide bonds. The van der Waals surface area contributed by atoms with E-state index in [2.05, 4.69) is 5.32 Å². The zero-order valence-electron chi connectivity index (χ0n) is 12.3. The monoisotopic (exact) mass is 297 g/mol. The van der Waals surface area contributed by atoms with Crippen LogP contribution in [0.25, 0.3) is 0 Å². The smallest absolute Gasteiger partial charge is 0.251 e. The maximum atomic E-state index is 11.9. The first-order chi connectivity index (χ1) is 9.63. The second-order valence-electron chi connectivity index (χ2n) is 5.05. The van der Waals surface area contributed by atoms with E-state index in [1.54, 1.807) is 12.1 Å². The van der Waals surface area contributed by atoms with Gasteiger partial charge >= 0.3 is 0 Å². The second kappa shape index (κ2) is 9.65. The van der Waals surface area contributed by atoms with Crippen molar-refractivity contribution in [2.45, 2.75) is 45.6 Å². The number of rotatable bonds is 9. The van der Waals surface area contributed by atoms with Gasteiger partial charge in [0.25, 0.3) is 5.91 Å². The lowest BCUT2D eigenvalue weighted by molar-refractivity contribution is 0.0953. The van der Waals surface area contributed by atoms with Gasteiger partial charge < -0.3 is 10.1 Å². The average molecular weight is 298 g/mol. The van der Waals surface area contributed by atoms with E-state index >= 15 is 0 Å². The van der Waals surface area contributed by atoms with Gasteiger partial charge in [0.15, 0.2) is 0 Å². The fraction of sp³-hybridized carbons (Fsp3) is 0.562. The van der Waals surface area contributed by atoms with E-state index in [1.165, 1.54) is 0 Å². The molecule has 0 unspecified atom stereocenters. The van der Waals surface area contributed by atoms with E-state index < -0.39 is 0 Å². The Morgan fingerprint density at radius 3 is 2.40 bits per heavy atom. The highest BCUT2D eigenvalue weighted by molar-refractivity contribution is 6.17. The maximum Gasteiger partial charge on any atom is 0.251 e. The molecule has 0 aromatic heterocycles. The van der Waals surface area contributed by atoms with Gasteiger partial charge in [0, 0.05) is 18.0 Å². The Labute approximate surface area is 126 Å². The number of carbonyl (C=O) groups excluding carboxylic acids is 1. The summed E-state index contributed by atoms with van der Waals surface area (Å²) in [4.78, 5) is 11.9. The Balaban J connectivity index is 2.29. The number of halogens is 1.